The highest BCUT2D eigenvalue weighted by atomic mass is 16.6. The molecule has 3 unspecified atom stereocenters. The molecule has 2 aliphatic rings. The molecule has 1 saturated heterocycles. The SMILES string of the molecule is CCCCCCCCCCCCCCCCCCC1(C(=O)O)CCC2OC2C1(C)C. The number of ether oxygens (including phenoxy) is 1. The Labute approximate surface area is 186 Å². The number of aliphatic carboxylic acids is 1. The Morgan fingerprint density at radius 1 is 0.800 bits per heavy atom. The van der Waals surface area contributed by atoms with E-state index in [1.807, 2.05) is 0 Å². The van der Waals surface area contributed by atoms with Crippen LogP contribution >= 0.6 is 0 Å². The lowest BCUT2D eigenvalue weighted by Gasteiger charge is -2.45. The van der Waals surface area contributed by atoms with Crippen molar-refractivity contribution < 1.29 is 14.6 Å². The van der Waals surface area contributed by atoms with Crippen LogP contribution in [-0.2, 0) is 9.53 Å². The summed E-state index contributed by atoms with van der Waals surface area (Å²) in [5.74, 6) is -0.595. The van der Waals surface area contributed by atoms with Crippen LogP contribution in [0.5, 0.6) is 0 Å². The lowest BCUT2D eigenvalue weighted by atomic mass is 9.55. The van der Waals surface area contributed by atoms with Gasteiger partial charge in [-0.15, -0.1) is 0 Å². The van der Waals surface area contributed by atoms with Gasteiger partial charge in [0.2, 0.25) is 0 Å². The second-order valence-corrected chi connectivity index (χ2v) is 10.8. The number of carbonyl (C=O) groups is 1. The number of carboxylic acid groups (broad SMARTS) is 1. The van der Waals surface area contributed by atoms with Gasteiger partial charge in [0.05, 0.1) is 17.6 Å². The van der Waals surface area contributed by atoms with E-state index in [1.165, 1.54) is 96.3 Å². The smallest absolute Gasteiger partial charge is 0.310 e. The number of unbranched alkanes of at least 4 members (excludes halogenated alkanes) is 15. The molecule has 1 aliphatic heterocycles. The van der Waals surface area contributed by atoms with Crippen molar-refractivity contribution in [3.05, 3.63) is 0 Å². The van der Waals surface area contributed by atoms with Crippen molar-refractivity contribution in [3.63, 3.8) is 0 Å². The van der Waals surface area contributed by atoms with Gasteiger partial charge < -0.3 is 9.84 Å². The third kappa shape index (κ3) is 7.24. The van der Waals surface area contributed by atoms with Crippen LogP contribution in [0.4, 0.5) is 0 Å². The van der Waals surface area contributed by atoms with E-state index < -0.39 is 11.4 Å². The minimum Gasteiger partial charge on any atom is -0.481 e. The van der Waals surface area contributed by atoms with Crippen molar-refractivity contribution >= 4 is 5.97 Å². The first kappa shape index (κ1) is 25.7. The molecule has 2 fully saturated rings. The molecule has 0 spiro atoms. The monoisotopic (exact) mass is 422 g/mol. The Bertz CT molecular complexity index is 486. The van der Waals surface area contributed by atoms with Gasteiger partial charge in [-0.3, -0.25) is 4.79 Å². The van der Waals surface area contributed by atoms with Gasteiger partial charge >= 0.3 is 5.97 Å². The number of carboxylic acids is 1. The highest BCUT2D eigenvalue weighted by molar-refractivity contribution is 5.76. The van der Waals surface area contributed by atoms with E-state index in [2.05, 4.69) is 20.8 Å². The minimum atomic E-state index is -0.595. The summed E-state index contributed by atoms with van der Waals surface area (Å²) in [6, 6.07) is 0. The number of hydrogen-bond donors (Lipinski definition) is 1. The van der Waals surface area contributed by atoms with E-state index in [9.17, 15) is 9.90 Å². The van der Waals surface area contributed by atoms with Crippen LogP contribution in [0.1, 0.15) is 143 Å². The molecule has 3 nitrogen and oxygen atoms in total. The molecular weight excluding hydrogens is 372 g/mol. The molecule has 0 radical (unpaired) electrons. The van der Waals surface area contributed by atoms with Gasteiger partial charge in [0.1, 0.15) is 0 Å². The van der Waals surface area contributed by atoms with Crippen LogP contribution in [0.15, 0.2) is 0 Å². The summed E-state index contributed by atoms with van der Waals surface area (Å²) in [6.45, 7) is 6.53. The van der Waals surface area contributed by atoms with Crippen molar-refractivity contribution in [2.24, 2.45) is 10.8 Å². The average molecular weight is 423 g/mol. The summed E-state index contributed by atoms with van der Waals surface area (Å²) in [6.07, 6.45) is 24.7. The second-order valence-electron chi connectivity index (χ2n) is 10.8. The Kier molecular flexibility index (Phi) is 11.2. The Morgan fingerprint density at radius 2 is 1.23 bits per heavy atom. The van der Waals surface area contributed by atoms with Gasteiger partial charge in [0.15, 0.2) is 0 Å². The Balaban J connectivity index is 1.43. The molecular formula is C27H50O3. The van der Waals surface area contributed by atoms with E-state index in [0.717, 1.165) is 25.7 Å². The van der Waals surface area contributed by atoms with Crippen LogP contribution < -0.4 is 0 Å². The Morgan fingerprint density at radius 3 is 1.67 bits per heavy atom. The van der Waals surface area contributed by atoms with Gasteiger partial charge in [0.25, 0.3) is 0 Å². The van der Waals surface area contributed by atoms with Crippen LogP contribution in [0.3, 0.4) is 0 Å². The molecule has 1 heterocycles. The van der Waals surface area contributed by atoms with E-state index in [-0.39, 0.29) is 11.5 Å². The van der Waals surface area contributed by atoms with Crippen LogP contribution in [0.2, 0.25) is 0 Å². The maximum atomic E-state index is 12.2. The van der Waals surface area contributed by atoms with Crippen LogP contribution in [-0.4, -0.2) is 23.3 Å². The van der Waals surface area contributed by atoms with Gasteiger partial charge in [-0.25, -0.2) is 0 Å². The average Bonchev–Trinajstić information content (AvgIpc) is 3.50. The highest BCUT2D eigenvalue weighted by Crippen LogP contribution is 2.60. The second kappa shape index (κ2) is 13.1. The largest absolute Gasteiger partial charge is 0.481 e. The molecule has 176 valence electrons. The van der Waals surface area contributed by atoms with Gasteiger partial charge in [0, 0.05) is 5.41 Å². The standard InChI is InChI=1S/C27H50O3/c1-4-5-6-7-8-9-10-11-12-13-14-15-16-17-18-19-21-27(25(28)29)22-20-23-24(30-23)26(27,2)3/h23-24H,4-22H2,1-3H3,(H,28,29). The lowest BCUT2D eigenvalue weighted by molar-refractivity contribution is -0.161. The van der Waals surface area contributed by atoms with E-state index >= 15 is 0 Å². The molecule has 1 saturated carbocycles. The molecule has 0 aromatic heterocycles. The zero-order chi connectivity index (χ0) is 21.9. The molecule has 30 heavy (non-hydrogen) atoms. The van der Waals surface area contributed by atoms with Crippen molar-refractivity contribution in [2.75, 3.05) is 0 Å². The van der Waals surface area contributed by atoms with Gasteiger partial charge in [-0.1, -0.05) is 124 Å². The third-order valence-electron chi connectivity index (χ3n) is 8.25. The number of epoxide rings is 1. The first-order chi connectivity index (χ1) is 14.5. The summed E-state index contributed by atoms with van der Waals surface area (Å²) in [4.78, 5) is 12.2. The summed E-state index contributed by atoms with van der Waals surface area (Å²) in [5, 5.41) is 10.0. The fourth-order valence-electron chi connectivity index (χ4n) is 5.89. The molecule has 1 aliphatic carbocycles. The van der Waals surface area contributed by atoms with Crippen molar-refractivity contribution in [2.45, 2.75) is 155 Å². The predicted octanol–water partition coefficient (Wildman–Crippen LogP) is 8.30. The maximum Gasteiger partial charge on any atom is 0.310 e. The first-order valence-electron chi connectivity index (χ1n) is 13.3. The highest BCUT2D eigenvalue weighted by Gasteiger charge is 2.65. The maximum absolute atomic E-state index is 12.2. The zero-order valence-electron chi connectivity index (χ0n) is 20.4. The summed E-state index contributed by atoms with van der Waals surface area (Å²) in [5.41, 5.74) is -0.822. The molecule has 2 rings (SSSR count). The third-order valence-corrected chi connectivity index (χ3v) is 8.25. The van der Waals surface area contributed by atoms with Crippen LogP contribution in [0.25, 0.3) is 0 Å². The summed E-state index contributed by atoms with van der Waals surface area (Å²) >= 11 is 0. The number of fused-ring (bicyclic) bond motifs is 1. The van der Waals surface area contributed by atoms with E-state index in [4.69, 9.17) is 4.74 Å². The normalized spacial score (nSPS) is 27.0. The molecule has 3 atom stereocenters. The fraction of sp³-hybridized carbons (Fsp3) is 0.963. The number of hydrogen-bond acceptors (Lipinski definition) is 2. The van der Waals surface area contributed by atoms with E-state index in [1.54, 1.807) is 0 Å². The quantitative estimate of drug-likeness (QED) is 0.178. The summed E-state index contributed by atoms with van der Waals surface area (Å²) in [7, 11) is 0. The molecule has 0 amide bonds. The fourth-order valence-corrected chi connectivity index (χ4v) is 5.89. The van der Waals surface area contributed by atoms with Crippen molar-refractivity contribution in [1.29, 1.82) is 0 Å². The van der Waals surface area contributed by atoms with Gasteiger partial charge in [-0.05, 0) is 19.3 Å². The van der Waals surface area contributed by atoms with E-state index in [0.29, 0.717) is 6.10 Å². The molecule has 3 heteroatoms. The first-order valence-corrected chi connectivity index (χ1v) is 13.3. The van der Waals surface area contributed by atoms with Gasteiger partial charge in [-0.2, -0.15) is 0 Å². The molecule has 1 N–H and O–H groups in total. The topological polar surface area (TPSA) is 49.8 Å². The molecule has 0 aromatic rings. The summed E-state index contributed by atoms with van der Waals surface area (Å²) < 4.78 is 5.77. The minimum absolute atomic E-state index is 0.170. The number of rotatable bonds is 18. The molecule has 0 bridgehead atoms. The molecule has 0 aromatic carbocycles. The van der Waals surface area contributed by atoms with Crippen molar-refractivity contribution in [1.82, 2.24) is 0 Å². The predicted molar refractivity (Wildman–Crippen MR) is 126 cm³/mol. The van der Waals surface area contributed by atoms with Crippen LogP contribution in [0, 0.1) is 10.8 Å². The zero-order valence-corrected chi connectivity index (χ0v) is 20.4. The Hall–Kier alpha value is -0.570. The van der Waals surface area contributed by atoms with Crippen molar-refractivity contribution in [3.8, 4) is 0 Å². The lowest BCUT2D eigenvalue weighted by Crippen LogP contribution is -2.50.